The molecule has 1 aliphatic heterocycles. The first-order chi connectivity index (χ1) is 9.34. The SMILES string of the molecule is C[NH+]1Cc2ccccc2[C@H]2CCc3ccccc3[C@@H]21. The first-order valence-corrected chi connectivity index (χ1v) is 7.32. The average Bonchev–Trinajstić information content (AvgIpc) is 2.46. The van der Waals surface area contributed by atoms with Crippen molar-refractivity contribution in [3.05, 3.63) is 70.8 Å². The third-order valence-corrected chi connectivity index (χ3v) is 4.97. The first-order valence-electron chi connectivity index (χ1n) is 7.32. The van der Waals surface area contributed by atoms with Crippen molar-refractivity contribution in [3.8, 4) is 0 Å². The molecule has 0 saturated carbocycles. The van der Waals surface area contributed by atoms with Crippen molar-refractivity contribution < 1.29 is 4.90 Å². The molecule has 0 amide bonds. The van der Waals surface area contributed by atoms with Crippen LogP contribution >= 0.6 is 0 Å². The molecular weight excluding hydrogens is 230 g/mol. The van der Waals surface area contributed by atoms with E-state index in [0.717, 1.165) is 6.54 Å². The fraction of sp³-hybridized carbons (Fsp3) is 0.333. The van der Waals surface area contributed by atoms with Gasteiger partial charge in [-0.3, -0.25) is 0 Å². The molecule has 1 N–H and O–H groups in total. The summed E-state index contributed by atoms with van der Waals surface area (Å²) in [5, 5.41) is 0. The van der Waals surface area contributed by atoms with Gasteiger partial charge in [0.2, 0.25) is 0 Å². The predicted molar refractivity (Wildman–Crippen MR) is 77.3 cm³/mol. The van der Waals surface area contributed by atoms with Gasteiger partial charge in [-0.1, -0.05) is 48.5 Å². The maximum Gasteiger partial charge on any atom is 0.120 e. The Morgan fingerprint density at radius 3 is 2.42 bits per heavy atom. The van der Waals surface area contributed by atoms with E-state index in [0.29, 0.717) is 12.0 Å². The highest BCUT2D eigenvalue weighted by atomic mass is 15.1. The van der Waals surface area contributed by atoms with Crippen molar-refractivity contribution >= 4 is 0 Å². The van der Waals surface area contributed by atoms with E-state index in [4.69, 9.17) is 0 Å². The van der Waals surface area contributed by atoms with Crippen LogP contribution in [-0.2, 0) is 13.0 Å². The summed E-state index contributed by atoms with van der Waals surface area (Å²) in [6.45, 7) is 1.16. The van der Waals surface area contributed by atoms with Crippen LogP contribution in [0.5, 0.6) is 0 Å². The number of aryl methyl sites for hydroxylation is 1. The number of rotatable bonds is 0. The van der Waals surface area contributed by atoms with Crippen LogP contribution in [-0.4, -0.2) is 7.05 Å². The van der Waals surface area contributed by atoms with Gasteiger partial charge >= 0.3 is 0 Å². The number of hydrogen-bond acceptors (Lipinski definition) is 0. The number of nitrogens with one attached hydrogen (secondary N) is 1. The first kappa shape index (κ1) is 11.2. The summed E-state index contributed by atoms with van der Waals surface area (Å²) in [5.74, 6) is 0.708. The minimum absolute atomic E-state index is 0.653. The summed E-state index contributed by atoms with van der Waals surface area (Å²) < 4.78 is 0. The summed E-state index contributed by atoms with van der Waals surface area (Å²) >= 11 is 0. The van der Waals surface area contributed by atoms with Crippen LogP contribution < -0.4 is 4.90 Å². The highest BCUT2D eigenvalue weighted by Crippen LogP contribution is 2.41. The summed E-state index contributed by atoms with van der Waals surface area (Å²) in [6.07, 6.45) is 2.54. The average molecular weight is 250 g/mol. The Balaban J connectivity index is 1.87. The van der Waals surface area contributed by atoms with Crippen LogP contribution in [0.2, 0.25) is 0 Å². The van der Waals surface area contributed by atoms with Crippen molar-refractivity contribution in [1.29, 1.82) is 0 Å². The monoisotopic (exact) mass is 250 g/mol. The van der Waals surface area contributed by atoms with E-state index < -0.39 is 0 Å². The molecule has 0 bridgehead atoms. The molecule has 0 radical (unpaired) electrons. The zero-order valence-corrected chi connectivity index (χ0v) is 11.4. The highest BCUT2D eigenvalue weighted by Gasteiger charge is 2.40. The third kappa shape index (κ3) is 1.65. The van der Waals surface area contributed by atoms with E-state index in [2.05, 4.69) is 55.6 Å². The lowest BCUT2D eigenvalue weighted by Crippen LogP contribution is -3.09. The molecule has 1 unspecified atom stereocenters. The second-order valence-corrected chi connectivity index (χ2v) is 6.04. The molecule has 2 aromatic carbocycles. The molecule has 1 heterocycles. The van der Waals surface area contributed by atoms with E-state index in [-0.39, 0.29) is 0 Å². The molecule has 1 heteroatoms. The lowest BCUT2D eigenvalue weighted by Gasteiger charge is -2.41. The fourth-order valence-electron chi connectivity index (χ4n) is 4.17. The van der Waals surface area contributed by atoms with E-state index in [1.54, 1.807) is 27.2 Å². The summed E-state index contributed by atoms with van der Waals surface area (Å²) in [6, 6.07) is 18.8. The number of hydrogen-bond donors (Lipinski definition) is 1. The Kier molecular flexibility index (Phi) is 2.49. The maximum atomic E-state index is 2.36. The van der Waals surface area contributed by atoms with Gasteiger partial charge in [-0.2, -0.15) is 0 Å². The largest absolute Gasteiger partial charge is 0.327 e. The Hall–Kier alpha value is -1.60. The number of fused-ring (bicyclic) bond motifs is 5. The van der Waals surface area contributed by atoms with Crippen LogP contribution in [0.1, 0.15) is 40.6 Å². The smallest absolute Gasteiger partial charge is 0.120 e. The molecular formula is C18H20N+. The molecule has 2 aliphatic rings. The summed E-state index contributed by atoms with van der Waals surface area (Å²) in [7, 11) is 2.36. The van der Waals surface area contributed by atoms with Gasteiger partial charge in [0.1, 0.15) is 12.6 Å². The Morgan fingerprint density at radius 1 is 0.895 bits per heavy atom. The lowest BCUT2D eigenvalue weighted by molar-refractivity contribution is -0.931. The van der Waals surface area contributed by atoms with Gasteiger partial charge in [0.15, 0.2) is 0 Å². The normalized spacial score (nSPS) is 28.2. The number of benzene rings is 2. The predicted octanol–water partition coefficient (Wildman–Crippen LogP) is 2.49. The van der Waals surface area contributed by atoms with Crippen molar-refractivity contribution in [2.24, 2.45) is 0 Å². The van der Waals surface area contributed by atoms with Crippen LogP contribution in [0, 0.1) is 0 Å². The van der Waals surface area contributed by atoms with Gasteiger partial charge < -0.3 is 4.90 Å². The Morgan fingerprint density at radius 2 is 1.58 bits per heavy atom. The van der Waals surface area contributed by atoms with Crippen LogP contribution in [0.25, 0.3) is 0 Å². The molecule has 2 aromatic rings. The van der Waals surface area contributed by atoms with E-state index >= 15 is 0 Å². The van der Waals surface area contributed by atoms with Gasteiger partial charge in [0.25, 0.3) is 0 Å². The van der Waals surface area contributed by atoms with Crippen molar-refractivity contribution in [2.75, 3.05) is 7.05 Å². The fourth-order valence-corrected chi connectivity index (χ4v) is 4.17. The van der Waals surface area contributed by atoms with Crippen LogP contribution in [0.4, 0.5) is 0 Å². The molecule has 0 aromatic heterocycles. The van der Waals surface area contributed by atoms with Gasteiger partial charge in [0, 0.05) is 17.0 Å². The van der Waals surface area contributed by atoms with Crippen LogP contribution in [0.3, 0.4) is 0 Å². The third-order valence-electron chi connectivity index (χ3n) is 4.97. The van der Waals surface area contributed by atoms with Gasteiger partial charge in [-0.25, -0.2) is 0 Å². The van der Waals surface area contributed by atoms with Gasteiger partial charge in [0.05, 0.1) is 7.05 Å². The molecule has 4 rings (SSSR count). The number of likely N-dealkylation sites (N-methyl/N-ethyl adjacent to an activating group) is 1. The maximum absolute atomic E-state index is 2.36. The second-order valence-electron chi connectivity index (χ2n) is 6.04. The molecule has 3 atom stereocenters. The van der Waals surface area contributed by atoms with E-state index in [9.17, 15) is 0 Å². The lowest BCUT2D eigenvalue weighted by atomic mass is 9.72. The Labute approximate surface area is 114 Å². The quantitative estimate of drug-likeness (QED) is 0.732. The summed E-state index contributed by atoms with van der Waals surface area (Å²) in [5.41, 5.74) is 6.32. The topological polar surface area (TPSA) is 4.44 Å². The van der Waals surface area contributed by atoms with E-state index in [1.807, 2.05) is 0 Å². The molecule has 0 spiro atoms. The van der Waals surface area contributed by atoms with Gasteiger partial charge in [-0.15, -0.1) is 0 Å². The number of quaternary nitrogens is 1. The second kappa shape index (κ2) is 4.21. The highest BCUT2D eigenvalue weighted by molar-refractivity contribution is 5.40. The molecule has 96 valence electrons. The van der Waals surface area contributed by atoms with Crippen molar-refractivity contribution in [2.45, 2.75) is 31.3 Å². The standard InChI is InChI=1S/C18H19N/c1-19-12-14-7-3-4-8-15(14)17-11-10-13-6-2-5-9-16(13)18(17)19/h2-9,17-18H,10-12H2,1H3/p+1/t17-,18+/m1/s1. The van der Waals surface area contributed by atoms with Crippen LogP contribution in [0.15, 0.2) is 48.5 Å². The van der Waals surface area contributed by atoms with E-state index in [1.165, 1.54) is 12.8 Å². The molecule has 0 fully saturated rings. The summed E-state index contributed by atoms with van der Waals surface area (Å²) in [4.78, 5) is 1.65. The van der Waals surface area contributed by atoms with Crippen molar-refractivity contribution in [1.82, 2.24) is 0 Å². The molecule has 19 heavy (non-hydrogen) atoms. The van der Waals surface area contributed by atoms with Crippen molar-refractivity contribution in [3.63, 3.8) is 0 Å². The Bertz CT molecular complexity index is 617. The molecule has 0 saturated heterocycles. The molecule has 1 aliphatic carbocycles. The molecule has 1 nitrogen and oxygen atoms in total. The van der Waals surface area contributed by atoms with Gasteiger partial charge in [-0.05, 0) is 24.0 Å². The zero-order valence-electron chi connectivity index (χ0n) is 11.4. The zero-order chi connectivity index (χ0) is 12.8. The minimum atomic E-state index is 0.653. The minimum Gasteiger partial charge on any atom is -0.327 e.